The standard InChI is InChI=1S/C10H24N2O/c1-4-12(5-2)8-6-9-13-10-7-11-3/h11H,4-10H2,1-3H3. The fourth-order valence-corrected chi connectivity index (χ4v) is 1.21. The Bertz CT molecular complexity index is 94.9. The summed E-state index contributed by atoms with van der Waals surface area (Å²) in [5.41, 5.74) is 0. The molecule has 0 aromatic heterocycles. The van der Waals surface area contributed by atoms with Crippen LogP contribution in [0.1, 0.15) is 20.3 Å². The maximum absolute atomic E-state index is 5.42. The molecular weight excluding hydrogens is 164 g/mol. The molecule has 0 atom stereocenters. The number of likely N-dealkylation sites (N-methyl/N-ethyl adjacent to an activating group) is 1. The molecule has 0 aromatic carbocycles. The summed E-state index contributed by atoms with van der Waals surface area (Å²) in [6, 6.07) is 0. The van der Waals surface area contributed by atoms with Crippen LogP contribution in [0.3, 0.4) is 0 Å². The lowest BCUT2D eigenvalue weighted by Crippen LogP contribution is -2.25. The van der Waals surface area contributed by atoms with Crippen molar-refractivity contribution in [3.05, 3.63) is 0 Å². The molecular formula is C10H24N2O. The predicted octanol–water partition coefficient (Wildman–Crippen LogP) is 0.954. The Kier molecular flexibility index (Phi) is 9.87. The van der Waals surface area contributed by atoms with Gasteiger partial charge in [-0.3, -0.25) is 0 Å². The van der Waals surface area contributed by atoms with Crippen LogP contribution in [0.15, 0.2) is 0 Å². The Morgan fingerprint density at radius 1 is 1.15 bits per heavy atom. The fraction of sp³-hybridized carbons (Fsp3) is 1.00. The van der Waals surface area contributed by atoms with Crippen LogP contribution in [0, 0.1) is 0 Å². The molecule has 3 heteroatoms. The van der Waals surface area contributed by atoms with E-state index in [2.05, 4.69) is 24.1 Å². The summed E-state index contributed by atoms with van der Waals surface area (Å²) in [6.45, 7) is 10.5. The molecule has 0 radical (unpaired) electrons. The first-order valence-corrected chi connectivity index (χ1v) is 5.29. The van der Waals surface area contributed by atoms with E-state index in [1.807, 2.05) is 7.05 Å². The van der Waals surface area contributed by atoms with Crippen molar-refractivity contribution in [1.82, 2.24) is 10.2 Å². The van der Waals surface area contributed by atoms with Crippen LogP contribution < -0.4 is 5.32 Å². The first-order chi connectivity index (χ1) is 6.35. The molecule has 3 nitrogen and oxygen atoms in total. The summed E-state index contributed by atoms with van der Waals surface area (Å²) >= 11 is 0. The van der Waals surface area contributed by atoms with Gasteiger partial charge in [0.15, 0.2) is 0 Å². The van der Waals surface area contributed by atoms with Crippen LogP contribution in [0.4, 0.5) is 0 Å². The van der Waals surface area contributed by atoms with Crippen molar-refractivity contribution in [3.8, 4) is 0 Å². The molecule has 0 aliphatic rings. The normalized spacial score (nSPS) is 11.1. The monoisotopic (exact) mass is 188 g/mol. The summed E-state index contributed by atoms with van der Waals surface area (Å²) in [5.74, 6) is 0. The first kappa shape index (κ1) is 12.9. The number of nitrogens with one attached hydrogen (secondary N) is 1. The molecule has 0 rings (SSSR count). The maximum Gasteiger partial charge on any atom is 0.0590 e. The highest BCUT2D eigenvalue weighted by Gasteiger charge is 1.97. The van der Waals surface area contributed by atoms with Crippen molar-refractivity contribution in [1.29, 1.82) is 0 Å². The van der Waals surface area contributed by atoms with E-state index in [1.165, 1.54) is 0 Å². The number of hydrogen-bond donors (Lipinski definition) is 1. The Hall–Kier alpha value is -0.120. The molecule has 0 aliphatic heterocycles. The van der Waals surface area contributed by atoms with Crippen molar-refractivity contribution in [2.75, 3.05) is 46.4 Å². The molecule has 13 heavy (non-hydrogen) atoms. The van der Waals surface area contributed by atoms with Gasteiger partial charge in [0.05, 0.1) is 6.61 Å². The highest BCUT2D eigenvalue weighted by atomic mass is 16.5. The second-order valence-corrected chi connectivity index (χ2v) is 3.10. The minimum atomic E-state index is 0.828. The molecule has 80 valence electrons. The van der Waals surface area contributed by atoms with Crippen molar-refractivity contribution < 1.29 is 4.74 Å². The van der Waals surface area contributed by atoms with Crippen LogP contribution in [-0.4, -0.2) is 51.3 Å². The van der Waals surface area contributed by atoms with Crippen LogP contribution >= 0.6 is 0 Å². The van der Waals surface area contributed by atoms with E-state index in [4.69, 9.17) is 4.74 Å². The van der Waals surface area contributed by atoms with Crippen LogP contribution in [0.25, 0.3) is 0 Å². The highest BCUT2D eigenvalue weighted by Crippen LogP contribution is 1.90. The Morgan fingerprint density at radius 2 is 1.85 bits per heavy atom. The SMILES string of the molecule is CCN(CC)CCCOCCNC. The molecule has 0 aromatic rings. The lowest BCUT2D eigenvalue weighted by atomic mass is 10.4. The van der Waals surface area contributed by atoms with Gasteiger partial charge in [-0.1, -0.05) is 13.8 Å². The third-order valence-corrected chi connectivity index (χ3v) is 2.15. The predicted molar refractivity (Wildman–Crippen MR) is 57.2 cm³/mol. The third kappa shape index (κ3) is 8.22. The quantitative estimate of drug-likeness (QED) is 0.545. The van der Waals surface area contributed by atoms with E-state index < -0.39 is 0 Å². The number of hydrogen-bond acceptors (Lipinski definition) is 3. The Balaban J connectivity index is 3.05. The van der Waals surface area contributed by atoms with Gasteiger partial charge in [-0.05, 0) is 26.6 Å². The second kappa shape index (κ2) is 9.96. The summed E-state index contributed by atoms with van der Waals surface area (Å²) in [5, 5.41) is 3.05. The minimum absolute atomic E-state index is 0.828. The van der Waals surface area contributed by atoms with E-state index >= 15 is 0 Å². The third-order valence-electron chi connectivity index (χ3n) is 2.15. The summed E-state index contributed by atoms with van der Waals surface area (Å²) in [6.07, 6.45) is 1.14. The van der Waals surface area contributed by atoms with Gasteiger partial charge in [0.25, 0.3) is 0 Å². The summed E-state index contributed by atoms with van der Waals surface area (Å²) in [7, 11) is 1.94. The number of rotatable bonds is 9. The van der Waals surface area contributed by atoms with Gasteiger partial charge in [-0.15, -0.1) is 0 Å². The van der Waals surface area contributed by atoms with E-state index in [1.54, 1.807) is 0 Å². The van der Waals surface area contributed by atoms with Crippen molar-refractivity contribution in [2.45, 2.75) is 20.3 Å². The number of nitrogens with zero attached hydrogens (tertiary/aromatic N) is 1. The summed E-state index contributed by atoms with van der Waals surface area (Å²) in [4.78, 5) is 2.42. The van der Waals surface area contributed by atoms with Crippen molar-refractivity contribution in [3.63, 3.8) is 0 Å². The number of ether oxygens (including phenoxy) is 1. The van der Waals surface area contributed by atoms with Crippen LogP contribution in [-0.2, 0) is 4.74 Å². The molecule has 0 spiro atoms. The Morgan fingerprint density at radius 3 is 2.38 bits per heavy atom. The molecule has 0 bridgehead atoms. The van der Waals surface area contributed by atoms with E-state index in [9.17, 15) is 0 Å². The average molecular weight is 188 g/mol. The van der Waals surface area contributed by atoms with E-state index in [0.29, 0.717) is 0 Å². The maximum atomic E-state index is 5.42. The van der Waals surface area contributed by atoms with Gasteiger partial charge in [0, 0.05) is 19.7 Å². The average Bonchev–Trinajstić information content (AvgIpc) is 2.17. The zero-order chi connectivity index (χ0) is 9.94. The molecule has 0 aliphatic carbocycles. The molecule has 0 heterocycles. The topological polar surface area (TPSA) is 24.5 Å². The van der Waals surface area contributed by atoms with Gasteiger partial charge in [0.2, 0.25) is 0 Å². The van der Waals surface area contributed by atoms with Gasteiger partial charge >= 0.3 is 0 Å². The smallest absolute Gasteiger partial charge is 0.0590 e. The van der Waals surface area contributed by atoms with Crippen LogP contribution in [0.5, 0.6) is 0 Å². The van der Waals surface area contributed by atoms with Crippen LogP contribution in [0.2, 0.25) is 0 Å². The molecule has 1 N–H and O–H groups in total. The van der Waals surface area contributed by atoms with Gasteiger partial charge in [-0.2, -0.15) is 0 Å². The lowest BCUT2D eigenvalue weighted by molar-refractivity contribution is 0.124. The van der Waals surface area contributed by atoms with E-state index in [0.717, 1.165) is 45.8 Å². The van der Waals surface area contributed by atoms with Crippen molar-refractivity contribution >= 4 is 0 Å². The molecule has 0 fully saturated rings. The second-order valence-electron chi connectivity index (χ2n) is 3.10. The van der Waals surface area contributed by atoms with Gasteiger partial charge in [0.1, 0.15) is 0 Å². The lowest BCUT2D eigenvalue weighted by Gasteiger charge is -2.17. The summed E-state index contributed by atoms with van der Waals surface area (Å²) < 4.78 is 5.42. The first-order valence-electron chi connectivity index (χ1n) is 5.29. The molecule has 0 saturated heterocycles. The largest absolute Gasteiger partial charge is 0.380 e. The highest BCUT2D eigenvalue weighted by molar-refractivity contribution is 4.51. The molecule has 0 saturated carbocycles. The molecule has 0 unspecified atom stereocenters. The van der Waals surface area contributed by atoms with E-state index in [-0.39, 0.29) is 0 Å². The minimum Gasteiger partial charge on any atom is -0.380 e. The zero-order valence-corrected chi connectivity index (χ0v) is 9.31. The van der Waals surface area contributed by atoms with Gasteiger partial charge in [-0.25, -0.2) is 0 Å². The fourth-order valence-electron chi connectivity index (χ4n) is 1.21. The Labute approximate surface area is 82.4 Å². The molecule has 0 amide bonds. The van der Waals surface area contributed by atoms with Gasteiger partial charge < -0.3 is 15.0 Å². The van der Waals surface area contributed by atoms with Crippen molar-refractivity contribution in [2.24, 2.45) is 0 Å². The zero-order valence-electron chi connectivity index (χ0n) is 9.31.